The Morgan fingerprint density at radius 1 is 1.43 bits per heavy atom. The molecule has 1 fully saturated rings. The molecule has 1 saturated heterocycles. The van der Waals surface area contributed by atoms with Crippen LogP contribution in [0.2, 0.25) is 0 Å². The van der Waals surface area contributed by atoms with Gasteiger partial charge in [0.15, 0.2) is 10.8 Å². The number of imidazole rings is 1. The van der Waals surface area contributed by atoms with E-state index >= 15 is 0 Å². The van der Waals surface area contributed by atoms with Gasteiger partial charge in [-0.15, -0.1) is 36.2 Å². The van der Waals surface area contributed by atoms with Crippen LogP contribution in [0.4, 0.5) is 0 Å². The van der Waals surface area contributed by atoms with Crippen LogP contribution in [0, 0.1) is 0 Å². The van der Waals surface area contributed by atoms with Crippen LogP contribution in [0.3, 0.4) is 0 Å². The normalized spacial score (nSPS) is 17.6. The van der Waals surface area contributed by atoms with Gasteiger partial charge in [0.05, 0.1) is 18.4 Å². The Labute approximate surface area is 153 Å². The molecule has 0 radical (unpaired) electrons. The van der Waals surface area contributed by atoms with Gasteiger partial charge in [0.25, 0.3) is 0 Å². The molecule has 5 nitrogen and oxygen atoms in total. The molecule has 1 aliphatic rings. The monoisotopic (exact) mass is 378 g/mol. The number of morpholine rings is 1. The van der Waals surface area contributed by atoms with Gasteiger partial charge in [0.1, 0.15) is 0 Å². The highest BCUT2D eigenvalue weighted by Crippen LogP contribution is 2.26. The van der Waals surface area contributed by atoms with Crippen molar-refractivity contribution in [1.29, 1.82) is 0 Å². The first-order valence-electron chi connectivity index (χ1n) is 7.53. The van der Waals surface area contributed by atoms with Gasteiger partial charge in [-0.05, 0) is 12.3 Å². The van der Waals surface area contributed by atoms with Crippen LogP contribution in [-0.2, 0) is 11.3 Å². The Morgan fingerprint density at radius 2 is 2.26 bits per heavy atom. The maximum absolute atomic E-state index is 5.75. The standard InChI is InChI=1S/C15H22N4OS.2ClH/c1-11(2)13-10-21-15(18-13)14-17-4-7-19(14)6-3-12-9-16-5-8-20-12;;/h4,7,10-12,16H,3,5-6,8-9H2,1-2H3;2*1H. The first-order chi connectivity index (χ1) is 10.2. The number of ether oxygens (including phenoxy) is 1. The summed E-state index contributed by atoms with van der Waals surface area (Å²) in [7, 11) is 0. The Morgan fingerprint density at radius 3 is 2.91 bits per heavy atom. The second kappa shape index (κ2) is 9.59. The number of aryl methyl sites for hydroxylation is 1. The molecular formula is C15H24Cl2N4OS. The first kappa shape index (κ1) is 20.4. The molecule has 1 aliphatic heterocycles. The zero-order valence-electron chi connectivity index (χ0n) is 13.4. The van der Waals surface area contributed by atoms with Crippen molar-refractivity contribution < 1.29 is 4.74 Å². The van der Waals surface area contributed by atoms with Gasteiger partial charge < -0.3 is 14.6 Å². The molecule has 130 valence electrons. The van der Waals surface area contributed by atoms with Gasteiger partial charge in [-0.1, -0.05) is 13.8 Å². The van der Waals surface area contributed by atoms with Crippen molar-refractivity contribution in [3.63, 3.8) is 0 Å². The molecule has 1 unspecified atom stereocenters. The Balaban J connectivity index is 0.00000132. The zero-order chi connectivity index (χ0) is 14.7. The van der Waals surface area contributed by atoms with E-state index in [-0.39, 0.29) is 24.8 Å². The van der Waals surface area contributed by atoms with Crippen LogP contribution in [0.1, 0.15) is 31.9 Å². The molecule has 2 aromatic heterocycles. The molecule has 0 spiro atoms. The van der Waals surface area contributed by atoms with Crippen molar-refractivity contribution in [2.75, 3.05) is 19.7 Å². The van der Waals surface area contributed by atoms with Crippen LogP contribution in [0.25, 0.3) is 10.8 Å². The lowest BCUT2D eigenvalue weighted by molar-refractivity contribution is 0.0211. The summed E-state index contributed by atoms with van der Waals surface area (Å²) in [5.41, 5.74) is 1.14. The van der Waals surface area contributed by atoms with Crippen LogP contribution >= 0.6 is 36.2 Å². The van der Waals surface area contributed by atoms with Crippen molar-refractivity contribution in [1.82, 2.24) is 19.9 Å². The minimum atomic E-state index is 0. The minimum absolute atomic E-state index is 0. The molecule has 1 N–H and O–H groups in total. The molecule has 3 rings (SSSR count). The van der Waals surface area contributed by atoms with Gasteiger partial charge >= 0.3 is 0 Å². The highest BCUT2D eigenvalue weighted by Gasteiger charge is 2.16. The first-order valence-corrected chi connectivity index (χ1v) is 8.41. The highest BCUT2D eigenvalue weighted by atomic mass is 35.5. The van der Waals surface area contributed by atoms with Crippen molar-refractivity contribution in [2.45, 2.75) is 38.8 Å². The quantitative estimate of drug-likeness (QED) is 0.866. The zero-order valence-corrected chi connectivity index (χ0v) is 15.8. The molecule has 0 aromatic carbocycles. The summed E-state index contributed by atoms with van der Waals surface area (Å²) in [6.45, 7) is 7.96. The maximum Gasteiger partial charge on any atom is 0.169 e. The van der Waals surface area contributed by atoms with E-state index in [9.17, 15) is 0 Å². The summed E-state index contributed by atoms with van der Waals surface area (Å²) in [4.78, 5) is 9.18. The minimum Gasteiger partial charge on any atom is -0.376 e. The van der Waals surface area contributed by atoms with E-state index in [1.807, 2.05) is 12.4 Å². The van der Waals surface area contributed by atoms with E-state index < -0.39 is 0 Å². The summed E-state index contributed by atoms with van der Waals surface area (Å²) in [6, 6.07) is 0. The third-order valence-electron chi connectivity index (χ3n) is 3.72. The van der Waals surface area contributed by atoms with Crippen molar-refractivity contribution >= 4 is 36.2 Å². The molecule has 0 amide bonds. The van der Waals surface area contributed by atoms with E-state index in [4.69, 9.17) is 9.72 Å². The summed E-state index contributed by atoms with van der Waals surface area (Å²) in [5, 5.41) is 6.50. The van der Waals surface area contributed by atoms with Crippen LogP contribution < -0.4 is 5.32 Å². The van der Waals surface area contributed by atoms with E-state index in [2.05, 4.69) is 34.1 Å². The third kappa shape index (κ3) is 5.16. The smallest absolute Gasteiger partial charge is 0.169 e. The van der Waals surface area contributed by atoms with Crippen LogP contribution in [0.15, 0.2) is 17.8 Å². The second-order valence-corrected chi connectivity index (χ2v) is 6.52. The van der Waals surface area contributed by atoms with E-state index in [1.54, 1.807) is 11.3 Å². The number of thiazole rings is 1. The predicted octanol–water partition coefficient (Wildman–Crippen LogP) is 3.35. The summed E-state index contributed by atoms with van der Waals surface area (Å²) in [5.74, 6) is 1.43. The average Bonchev–Trinajstić information content (AvgIpc) is 3.15. The molecule has 0 saturated carbocycles. The lowest BCUT2D eigenvalue weighted by Gasteiger charge is -2.23. The van der Waals surface area contributed by atoms with Gasteiger partial charge in [0.2, 0.25) is 0 Å². The molecule has 2 aromatic rings. The van der Waals surface area contributed by atoms with Gasteiger partial charge in [-0.2, -0.15) is 0 Å². The van der Waals surface area contributed by atoms with Crippen LogP contribution in [0.5, 0.6) is 0 Å². The molecule has 0 bridgehead atoms. The summed E-state index contributed by atoms with van der Waals surface area (Å²) < 4.78 is 7.93. The topological polar surface area (TPSA) is 52.0 Å². The van der Waals surface area contributed by atoms with Gasteiger partial charge in [0, 0.05) is 37.4 Å². The average molecular weight is 379 g/mol. The Kier molecular flexibility index (Phi) is 8.50. The van der Waals surface area contributed by atoms with Crippen molar-refractivity contribution in [3.05, 3.63) is 23.5 Å². The van der Waals surface area contributed by atoms with Crippen molar-refractivity contribution in [3.8, 4) is 10.8 Å². The number of nitrogens with zero attached hydrogens (tertiary/aromatic N) is 3. The SMILES string of the molecule is CC(C)c1csc(-c2nccn2CCC2CNCCO2)n1.Cl.Cl. The summed E-state index contributed by atoms with van der Waals surface area (Å²) in [6.07, 6.45) is 5.18. The summed E-state index contributed by atoms with van der Waals surface area (Å²) >= 11 is 1.67. The van der Waals surface area contributed by atoms with E-state index in [0.717, 1.165) is 49.2 Å². The number of nitrogens with one attached hydrogen (secondary N) is 1. The largest absolute Gasteiger partial charge is 0.376 e. The molecule has 8 heteroatoms. The second-order valence-electron chi connectivity index (χ2n) is 5.66. The maximum atomic E-state index is 5.75. The fourth-order valence-corrected chi connectivity index (χ4v) is 3.42. The highest BCUT2D eigenvalue weighted by molar-refractivity contribution is 7.13. The van der Waals surface area contributed by atoms with Gasteiger partial charge in [-0.3, -0.25) is 0 Å². The number of aromatic nitrogens is 3. The Bertz CT molecular complexity index is 582. The Hall–Kier alpha value is -0.660. The van der Waals surface area contributed by atoms with Crippen LogP contribution in [-0.4, -0.2) is 40.3 Å². The molecule has 1 atom stereocenters. The lowest BCUT2D eigenvalue weighted by Crippen LogP contribution is -2.38. The van der Waals surface area contributed by atoms with E-state index in [1.165, 1.54) is 0 Å². The predicted molar refractivity (Wildman–Crippen MR) is 99.1 cm³/mol. The fourth-order valence-electron chi connectivity index (χ4n) is 2.43. The van der Waals surface area contributed by atoms with Crippen molar-refractivity contribution in [2.24, 2.45) is 0 Å². The molecule has 0 aliphatic carbocycles. The third-order valence-corrected chi connectivity index (χ3v) is 4.57. The number of hydrogen-bond acceptors (Lipinski definition) is 5. The number of rotatable bonds is 5. The number of halogens is 2. The molecule has 3 heterocycles. The lowest BCUT2D eigenvalue weighted by atomic mass is 10.2. The fraction of sp³-hybridized carbons (Fsp3) is 0.600. The van der Waals surface area contributed by atoms with Gasteiger partial charge in [-0.25, -0.2) is 9.97 Å². The number of hydrogen-bond donors (Lipinski definition) is 1. The molecular weight excluding hydrogens is 355 g/mol. The van der Waals surface area contributed by atoms with E-state index in [0.29, 0.717) is 12.0 Å². The molecule has 23 heavy (non-hydrogen) atoms.